The molecular formula is C14H13ClN4O2. The normalized spacial score (nSPS) is 9.81. The van der Waals surface area contributed by atoms with E-state index in [0.717, 1.165) is 0 Å². The maximum absolute atomic E-state index is 8.92. The molecule has 0 aliphatic carbocycles. The second-order valence-corrected chi connectivity index (χ2v) is 4.44. The molecule has 0 spiro atoms. The summed E-state index contributed by atoms with van der Waals surface area (Å²) in [5, 5.41) is 12.6. The van der Waals surface area contributed by atoms with Crippen molar-refractivity contribution in [1.82, 2.24) is 9.97 Å². The van der Waals surface area contributed by atoms with E-state index in [1.165, 1.54) is 20.5 Å². The molecule has 0 saturated heterocycles. The fourth-order valence-electron chi connectivity index (χ4n) is 1.80. The quantitative estimate of drug-likeness (QED) is 0.914. The number of hydrogen-bond donors (Lipinski definition) is 1. The lowest BCUT2D eigenvalue weighted by Gasteiger charge is -2.13. The molecule has 2 aromatic rings. The molecule has 1 N–H and O–H groups in total. The number of ether oxygens (including phenoxy) is 2. The van der Waals surface area contributed by atoms with Crippen LogP contribution in [0.15, 0.2) is 24.5 Å². The fourth-order valence-corrected chi connectivity index (χ4v) is 1.98. The lowest BCUT2D eigenvalue weighted by Crippen LogP contribution is -2.07. The van der Waals surface area contributed by atoms with Crippen molar-refractivity contribution in [2.45, 2.75) is 6.54 Å². The van der Waals surface area contributed by atoms with Crippen LogP contribution in [0.2, 0.25) is 5.02 Å². The number of aromatic nitrogens is 2. The zero-order valence-electron chi connectivity index (χ0n) is 11.6. The second kappa shape index (κ2) is 6.77. The van der Waals surface area contributed by atoms with Crippen LogP contribution in [0.25, 0.3) is 0 Å². The SMILES string of the molecule is COc1ncnc(OC)c1CNc1cc(C#N)ccc1Cl. The minimum atomic E-state index is 0.349. The molecule has 1 heterocycles. The molecule has 21 heavy (non-hydrogen) atoms. The van der Waals surface area contributed by atoms with Crippen molar-refractivity contribution in [3.05, 3.63) is 40.7 Å². The van der Waals surface area contributed by atoms with Crippen molar-refractivity contribution in [1.29, 1.82) is 5.26 Å². The first-order valence-corrected chi connectivity index (χ1v) is 6.42. The summed E-state index contributed by atoms with van der Waals surface area (Å²) in [5.41, 5.74) is 1.83. The molecule has 0 atom stereocenters. The summed E-state index contributed by atoms with van der Waals surface area (Å²) >= 11 is 6.10. The van der Waals surface area contributed by atoms with E-state index in [0.29, 0.717) is 40.1 Å². The van der Waals surface area contributed by atoms with Gasteiger partial charge in [0.2, 0.25) is 11.8 Å². The summed E-state index contributed by atoms with van der Waals surface area (Å²) < 4.78 is 10.4. The molecule has 0 amide bonds. The Morgan fingerprint density at radius 2 is 1.90 bits per heavy atom. The number of benzene rings is 1. The number of anilines is 1. The van der Waals surface area contributed by atoms with E-state index in [1.807, 2.05) is 0 Å². The van der Waals surface area contributed by atoms with Crippen molar-refractivity contribution in [2.24, 2.45) is 0 Å². The van der Waals surface area contributed by atoms with E-state index in [1.54, 1.807) is 18.2 Å². The highest BCUT2D eigenvalue weighted by Gasteiger charge is 2.13. The van der Waals surface area contributed by atoms with Gasteiger partial charge in [0.15, 0.2) is 0 Å². The number of nitriles is 1. The Balaban J connectivity index is 2.26. The van der Waals surface area contributed by atoms with Gasteiger partial charge in [-0.1, -0.05) is 11.6 Å². The van der Waals surface area contributed by atoms with Crippen LogP contribution < -0.4 is 14.8 Å². The highest BCUT2D eigenvalue weighted by molar-refractivity contribution is 6.33. The number of nitrogens with zero attached hydrogens (tertiary/aromatic N) is 3. The molecule has 1 aromatic heterocycles. The minimum Gasteiger partial charge on any atom is -0.481 e. The highest BCUT2D eigenvalue weighted by Crippen LogP contribution is 2.27. The van der Waals surface area contributed by atoms with Crippen molar-refractivity contribution < 1.29 is 9.47 Å². The second-order valence-electron chi connectivity index (χ2n) is 4.03. The first kappa shape index (κ1) is 14.9. The molecule has 0 radical (unpaired) electrons. The molecular weight excluding hydrogens is 292 g/mol. The lowest BCUT2D eigenvalue weighted by atomic mass is 10.2. The Morgan fingerprint density at radius 1 is 1.24 bits per heavy atom. The van der Waals surface area contributed by atoms with Gasteiger partial charge in [0.05, 0.1) is 48.7 Å². The molecule has 0 aliphatic heterocycles. The van der Waals surface area contributed by atoms with Crippen molar-refractivity contribution in [3.63, 3.8) is 0 Å². The predicted octanol–water partition coefficient (Wildman–Crippen LogP) is 2.63. The number of hydrogen-bond acceptors (Lipinski definition) is 6. The van der Waals surface area contributed by atoms with Crippen molar-refractivity contribution >= 4 is 17.3 Å². The first-order valence-electron chi connectivity index (χ1n) is 6.05. The summed E-state index contributed by atoms with van der Waals surface area (Å²) in [4.78, 5) is 8.07. The van der Waals surface area contributed by atoms with Crippen molar-refractivity contribution in [3.8, 4) is 17.8 Å². The number of rotatable bonds is 5. The average molecular weight is 305 g/mol. The topological polar surface area (TPSA) is 80.1 Å². The van der Waals surface area contributed by atoms with Gasteiger partial charge in [-0.3, -0.25) is 0 Å². The van der Waals surface area contributed by atoms with Crippen LogP contribution in [-0.4, -0.2) is 24.2 Å². The summed E-state index contributed by atoms with van der Waals surface area (Å²) in [6.07, 6.45) is 1.37. The van der Waals surface area contributed by atoms with Gasteiger partial charge in [-0.2, -0.15) is 5.26 Å². The zero-order chi connectivity index (χ0) is 15.2. The molecule has 2 rings (SSSR count). The van der Waals surface area contributed by atoms with Crippen LogP contribution in [0.3, 0.4) is 0 Å². The zero-order valence-corrected chi connectivity index (χ0v) is 12.3. The van der Waals surface area contributed by atoms with E-state index in [9.17, 15) is 0 Å². The molecule has 6 nitrogen and oxygen atoms in total. The molecule has 0 fully saturated rings. The molecule has 7 heteroatoms. The Labute approximate surface area is 127 Å². The third kappa shape index (κ3) is 3.33. The van der Waals surface area contributed by atoms with Crippen LogP contribution in [0.5, 0.6) is 11.8 Å². The van der Waals surface area contributed by atoms with Gasteiger partial charge in [0.1, 0.15) is 6.33 Å². The van der Waals surface area contributed by atoms with Gasteiger partial charge in [-0.25, -0.2) is 9.97 Å². The minimum absolute atomic E-state index is 0.349. The lowest BCUT2D eigenvalue weighted by molar-refractivity contribution is 0.363. The van der Waals surface area contributed by atoms with Crippen LogP contribution in [0.4, 0.5) is 5.69 Å². The standard InChI is InChI=1S/C14H13ClN4O2/c1-20-13-10(14(21-2)19-8-18-13)7-17-12-5-9(6-16)3-4-11(12)15/h3-5,8,17H,7H2,1-2H3. The van der Waals surface area contributed by atoms with Gasteiger partial charge in [0, 0.05) is 0 Å². The summed E-state index contributed by atoms with van der Waals surface area (Å²) in [7, 11) is 3.04. The van der Waals surface area contributed by atoms with Crippen molar-refractivity contribution in [2.75, 3.05) is 19.5 Å². The number of nitrogens with one attached hydrogen (secondary N) is 1. The highest BCUT2D eigenvalue weighted by atomic mass is 35.5. The smallest absolute Gasteiger partial charge is 0.225 e. The van der Waals surface area contributed by atoms with Crippen LogP contribution >= 0.6 is 11.6 Å². The Morgan fingerprint density at radius 3 is 2.48 bits per heavy atom. The van der Waals surface area contributed by atoms with Crippen LogP contribution in [-0.2, 0) is 6.54 Å². The first-order chi connectivity index (χ1) is 10.2. The molecule has 0 saturated carbocycles. The van der Waals surface area contributed by atoms with Gasteiger partial charge in [0.25, 0.3) is 0 Å². The number of methoxy groups -OCH3 is 2. The van der Waals surface area contributed by atoms with E-state index in [4.69, 9.17) is 26.3 Å². The van der Waals surface area contributed by atoms with E-state index >= 15 is 0 Å². The third-order valence-corrected chi connectivity index (χ3v) is 3.13. The number of halogens is 1. The van der Waals surface area contributed by atoms with Crippen LogP contribution in [0, 0.1) is 11.3 Å². The Hall–Kier alpha value is -2.52. The molecule has 108 valence electrons. The summed E-state index contributed by atoms with van der Waals surface area (Å²) in [6, 6.07) is 7.06. The summed E-state index contributed by atoms with van der Waals surface area (Å²) in [5.74, 6) is 0.837. The maximum Gasteiger partial charge on any atom is 0.225 e. The van der Waals surface area contributed by atoms with Gasteiger partial charge < -0.3 is 14.8 Å². The van der Waals surface area contributed by atoms with E-state index < -0.39 is 0 Å². The third-order valence-electron chi connectivity index (χ3n) is 2.80. The molecule has 0 bridgehead atoms. The van der Waals surface area contributed by atoms with Crippen LogP contribution in [0.1, 0.15) is 11.1 Å². The molecule has 0 unspecified atom stereocenters. The fraction of sp³-hybridized carbons (Fsp3) is 0.214. The summed E-state index contributed by atoms with van der Waals surface area (Å²) in [6.45, 7) is 0.349. The van der Waals surface area contributed by atoms with Gasteiger partial charge >= 0.3 is 0 Å². The Bertz CT molecular complexity index is 663. The van der Waals surface area contributed by atoms with E-state index in [2.05, 4.69) is 21.4 Å². The maximum atomic E-state index is 8.92. The largest absolute Gasteiger partial charge is 0.481 e. The van der Waals surface area contributed by atoms with Gasteiger partial charge in [-0.05, 0) is 18.2 Å². The Kier molecular flexibility index (Phi) is 4.80. The monoisotopic (exact) mass is 304 g/mol. The van der Waals surface area contributed by atoms with E-state index in [-0.39, 0.29) is 0 Å². The molecule has 1 aromatic carbocycles. The predicted molar refractivity (Wildman–Crippen MR) is 78.6 cm³/mol. The molecule has 0 aliphatic rings. The van der Waals surface area contributed by atoms with Gasteiger partial charge in [-0.15, -0.1) is 0 Å². The average Bonchev–Trinajstić information content (AvgIpc) is 2.53.